The Kier molecular flexibility index (Phi) is 3.80. The molecule has 0 aliphatic carbocycles. The molecule has 2 aromatic carbocycles. The van der Waals surface area contributed by atoms with Crippen LogP contribution in [0.2, 0.25) is 0 Å². The van der Waals surface area contributed by atoms with Gasteiger partial charge < -0.3 is 19.3 Å². The van der Waals surface area contributed by atoms with E-state index in [1.54, 1.807) is 0 Å². The Morgan fingerprint density at radius 2 is 1.59 bits per heavy atom. The minimum Gasteiger partial charge on any atom is -0.453 e. The lowest BCUT2D eigenvalue weighted by Gasteiger charge is -2.18. The number of halogens is 3. The van der Waals surface area contributed by atoms with Crippen LogP contribution in [0.4, 0.5) is 18.9 Å². The second kappa shape index (κ2) is 6.26. The molecule has 0 saturated carbocycles. The van der Waals surface area contributed by atoms with Crippen LogP contribution in [0.25, 0.3) is 33.3 Å². The van der Waals surface area contributed by atoms with Crippen LogP contribution in [-0.4, -0.2) is 23.1 Å². The molecule has 29 heavy (non-hydrogen) atoms. The van der Waals surface area contributed by atoms with Gasteiger partial charge in [-0.3, -0.25) is 4.79 Å². The fourth-order valence-electron chi connectivity index (χ4n) is 3.86. The first kappa shape index (κ1) is 17.6. The molecule has 148 valence electrons. The van der Waals surface area contributed by atoms with E-state index in [2.05, 4.69) is 9.97 Å². The SMILES string of the molecule is O=c1[nH]c2cc(F)c3c(=O)cc(-c4c(F)cc(N5CCCC5)cc4F)oc3c2[nH]1. The number of rotatable bonds is 2. The van der Waals surface area contributed by atoms with Crippen molar-refractivity contribution in [3.05, 3.63) is 62.4 Å². The second-order valence-corrected chi connectivity index (χ2v) is 7.02. The zero-order chi connectivity index (χ0) is 20.3. The number of hydrogen-bond donors (Lipinski definition) is 2. The highest BCUT2D eigenvalue weighted by molar-refractivity contribution is 6.00. The van der Waals surface area contributed by atoms with Gasteiger partial charge in [0.2, 0.25) is 0 Å². The fourth-order valence-corrected chi connectivity index (χ4v) is 3.86. The average Bonchev–Trinajstić information content (AvgIpc) is 3.30. The minimum atomic E-state index is -0.909. The molecule has 2 N–H and O–H groups in total. The van der Waals surface area contributed by atoms with Crippen molar-refractivity contribution >= 4 is 27.7 Å². The van der Waals surface area contributed by atoms with E-state index in [1.165, 1.54) is 12.1 Å². The number of H-pyrrole nitrogens is 2. The zero-order valence-electron chi connectivity index (χ0n) is 14.9. The van der Waals surface area contributed by atoms with Crippen LogP contribution in [0.1, 0.15) is 12.8 Å². The Labute approximate surface area is 160 Å². The number of fused-ring (bicyclic) bond motifs is 3. The summed E-state index contributed by atoms with van der Waals surface area (Å²) in [6.07, 6.45) is 1.89. The van der Waals surface area contributed by atoms with Gasteiger partial charge in [0.05, 0.1) is 11.1 Å². The van der Waals surface area contributed by atoms with Gasteiger partial charge in [0.25, 0.3) is 0 Å². The molecule has 0 bridgehead atoms. The number of aromatic amines is 2. The van der Waals surface area contributed by atoms with Crippen LogP contribution in [0, 0.1) is 17.5 Å². The summed E-state index contributed by atoms with van der Waals surface area (Å²) >= 11 is 0. The number of nitrogens with one attached hydrogen (secondary N) is 2. The van der Waals surface area contributed by atoms with E-state index in [9.17, 15) is 22.8 Å². The molecule has 0 spiro atoms. The number of imidazole rings is 1. The van der Waals surface area contributed by atoms with Gasteiger partial charge in [0.15, 0.2) is 11.0 Å². The van der Waals surface area contributed by atoms with Crippen LogP contribution in [0.5, 0.6) is 0 Å². The number of aromatic nitrogens is 2. The molecule has 3 heterocycles. The standard InChI is InChI=1S/C20H14F3N3O3/c21-10-5-9(26-3-1-2-4-26)6-11(22)16(10)15-8-14(27)17-12(23)7-13-18(19(17)29-15)25-20(28)24-13/h5-8H,1-4H2,(H2,24,25,28). The quantitative estimate of drug-likeness (QED) is 0.537. The third kappa shape index (κ3) is 2.72. The van der Waals surface area contributed by atoms with Crippen molar-refractivity contribution in [1.29, 1.82) is 0 Å². The molecule has 4 aromatic rings. The highest BCUT2D eigenvalue weighted by Gasteiger charge is 2.22. The summed E-state index contributed by atoms with van der Waals surface area (Å²) in [6, 6.07) is 4.21. The first-order chi connectivity index (χ1) is 13.9. The molecule has 0 radical (unpaired) electrons. The van der Waals surface area contributed by atoms with Crippen LogP contribution in [0.3, 0.4) is 0 Å². The summed E-state index contributed by atoms with van der Waals surface area (Å²) in [4.78, 5) is 30.7. The molecule has 1 aliphatic heterocycles. The van der Waals surface area contributed by atoms with Crippen molar-refractivity contribution < 1.29 is 17.6 Å². The molecular formula is C20H14F3N3O3. The first-order valence-corrected chi connectivity index (χ1v) is 9.05. The van der Waals surface area contributed by atoms with Crippen LogP contribution in [0.15, 0.2) is 38.3 Å². The molecule has 1 aliphatic rings. The second-order valence-electron chi connectivity index (χ2n) is 7.02. The van der Waals surface area contributed by atoms with E-state index in [4.69, 9.17) is 4.42 Å². The predicted octanol–water partition coefficient (Wildman–Crippen LogP) is 3.65. The monoisotopic (exact) mass is 401 g/mol. The summed E-state index contributed by atoms with van der Waals surface area (Å²) < 4.78 is 49.5. The maximum absolute atomic E-state index is 14.8. The maximum atomic E-state index is 14.8. The lowest BCUT2D eigenvalue weighted by Crippen LogP contribution is -2.18. The highest BCUT2D eigenvalue weighted by atomic mass is 19.1. The van der Waals surface area contributed by atoms with Gasteiger partial charge in [0.1, 0.15) is 34.1 Å². The van der Waals surface area contributed by atoms with E-state index in [1.807, 2.05) is 4.90 Å². The molecule has 0 unspecified atom stereocenters. The van der Waals surface area contributed by atoms with Gasteiger partial charge in [-0.1, -0.05) is 0 Å². The largest absolute Gasteiger partial charge is 0.453 e. The zero-order valence-corrected chi connectivity index (χ0v) is 14.9. The summed E-state index contributed by atoms with van der Waals surface area (Å²) in [7, 11) is 0. The van der Waals surface area contributed by atoms with Crippen molar-refractivity contribution in [1.82, 2.24) is 9.97 Å². The minimum absolute atomic E-state index is 0.0415. The van der Waals surface area contributed by atoms with Gasteiger partial charge in [0, 0.05) is 30.9 Å². The van der Waals surface area contributed by atoms with Gasteiger partial charge >= 0.3 is 5.69 Å². The van der Waals surface area contributed by atoms with Crippen molar-refractivity contribution in [3.63, 3.8) is 0 Å². The smallest absolute Gasteiger partial charge is 0.323 e. The first-order valence-electron chi connectivity index (χ1n) is 9.05. The molecule has 0 amide bonds. The van der Waals surface area contributed by atoms with Gasteiger partial charge in [-0.2, -0.15) is 0 Å². The molecule has 6 nitrogen and oxygen atoms in total. The Morgan fingerprint density at radius 3 is 2.28 bits per heavy atom. The van der Waals surface area contributed by atoms with E-state index < -0.39 is 39.5 Å². The normalized spacial score (nSPS) is 14.4. The van der Waals surface area contributed by atoms with Crippen LogP contribution in [-0.2, 0) is 0 Å². The molecular weight excluding hydrogens is 387 g/mol. The van der Waals surface area contributed by atoms with E-state index >= 15 is 0 Å². The summed E-state index contributed by atoms with van der Waals surface area (Å²) in [5, 5.41) is -0.411. The number of anilines is 1. The summed E-state index contributed by atoms with van der Waals surface area (Å²) in [6.45, 7) is 1.42. The molecule has 1 fully saturated rings. The van der Waals surface area contributed by atoms with Crippen LogP contribution < -0.4 is 16.0 Å². The van der Waals surface area contributed by atoms with Gasteiger partial charge in [-0.25, -0.2) is 18.0 Å². The maximum Gasteiger partial charge on any atom is 0.323 e. The Balaban J connectivity index is 1.76. The van der Waals surface area contributed by atoms with E-state index in [-0.39, 0.29) is 22.4 Å². The molecule has 1 saturated heterocycles. The molecule has 0 atom stereocenters. The highest BCUT2D eigenvalue weighted by Crippen LogP contribution is 2.33. The summed E-state index contributed by atoms with van der Waals surface area (Å²) in [5.74, 6) is -3.10. The van der Waals surface area contributed by atoms with E-state index in [0.29, 0.717) is 18.8 Å². The van der Waals surface area contributed by atoms with Gasteiger partial charge in [-0.05, 0) is 25.0 Å². The third-order valence-electron chi connectivity index (χ3n) is 5.19. The fraction of sp³-hybridized carbons (Fsp3) is 0.200. The lowest BCUT2D eigenvalue weighted by atomic mass is 10.1. The molecule has 5 rings (SSSR count). The summed E-state index contributed by atoms with van der Waals surface area (Å²) in [5.41, 5.74) is -1.74. The third-order valence-corrected chi connectivity index (χ3v) is 5.19. The Morgan fingerprint density at radius 1 is 0.897 bits per heavy atom. The number of benzene rings is 2. The number of nitrogens with zero attached hydrogens (tertiary/aromatic N) is 1. The predicted molar refractivity (Wildman–Crippen MR) is 102 cm³/mol. The van der Waals surface area contributed by atoms with Gasteiger partial charge in [-0.15, -0.1) is 0 Å². The van der Waals surface area contributed by atoms with Crippen molar-refractivity contribution in [2.24, 2.45) is 0 Å². The molecule has 9 heteroatoms. The van der Waals surface area contributed by atoms with Crippen molar-refractivity contribution in [2.75, 3.05) is 18.0 Å². The lowest BCUT2D eigenvalue weighted by molar-refractivity contribution is 0.561. The van der Waals surface area contributed by atoms with Crippen molar-refractivity contribution in [2.45, 2.75) is 12.8 Å². The Hall–Kier alpha value is -3.49. The molecule has 2 aromatic heterocycles. The van der Waals surface area contributed by atoms with Crippen LogP contribution >= 0.6 is 0 Å². The topological polar surface area (TPSA) is 82.1 Å². The van der Waals surface area contributed by atoms with Crippen molar-refractivity contribution in [3.8, 4) is 11.3 Å². The number of hydrogen-bond acceptors (Lipinski definition) is 4. The van der Waals surface area contributed by atoms with E-state index in [0.717, 1.165) is 25.0 Å². The average molecular weight is 401 g/mol. The Bertz CT molecular complexity index is 1370.